The Bertz CT molecular complexity index is 321. The Morgan fingerprint density at radius 2 is 1.89 bits per heavy atom. The molecule has 0 aromatic heterocycles. The highest BCUT2D eigenvalue weighted by atomic mass is 32.2. The Hall–Kier alpha value is -0.550. The zero-order valence-corrected chi connectivity index (χ0v) is 11.6. The van der Waals surface area contributed by atoms with Gasteiger partial charge in [-0.25, -0.2) is 0 Å². The third-order valence-corrected chi connectivity index (χ3v) is 4.19. The first-order chi connectivity index (χ1) is 8.63. The quantitative estimate of drug-likeness (QED) is 0.665. The molecular weight excluding hydrogens is 246 g/mol. The molecule has 1 aromatic rings. The van der Waals surface area contributed by atoms with Crippen LogP contribution in [0.25, 0.3) is 0 Å². The number of thioether (sulfide) groups is 1. The van der Waals surface area contributed by atoms with E-state index in [0.717, 1.165) is 11.3 Å². The number of aliphatic hydroxyl groups excluding tert-OH is 2. The van der Waals surface area contributed by atoms with Crippen molar-refractivity contribution in [2.24, 2.45) is 11.7 Å². The first-order valence-corrected chi connectivity index (χ1v) is 7.45. The Morgan fingerprint density at radius 3 is 2.50 bits per heavy atom. The summed E-state index contributed by atoms with van der Waals surface area (Å²) in [5, 5.41) is 18.9. The lowest BCUT2D eigenvalue weighted by Gasteiger charge is -2.19. The molecule has 0 aliphatic heterocycles. The van der Waals surface area contributed by atoms with E-state index in [1.165, 1.54) is 0 Å². The van der Waals surface area contributed by atoms with Gasteiger partial charge in [0.05, 0.1) is 6.10 Å². The Kier molecular flexibility index (Phi) is 7.35. The van der Waals surface area contributed by atoms with Crippen LogP contribution < -0.4 is 5.73 Å². The summed E-state index contributed by atoms with van der Waals surface area (Å²) in [7, 11) is 0. The fraction of sp³-hybridized carbons (Fsp3) is 0.571. The van der Waals surface area contributed by atoms with E-state index in [4.69, 9.17) is 10.8 Å². The van der Waals surface area contributed by atoms with Crippen molar-refractivity contribution in [3.05, 3.63) is 35.9 Å². The fourth-order valence-electron chi connectivity index (χ4n) is 1.59. The fourth-order valence-corrected chi connectivity index (χ4v) is 2.72. The van der Waals surface area contributed by atoms with Crippen LogP contribution in [0.1, 0.15) is 12.5 Å². The van der Waals surface area contributed by atoms with E-state index < -0.39 is 6.10 Å². The maximum atomic E-state index is 9.96. The molecule has 3 nitrogen and oxygen atoms in total. The molecule has 0 heterocycles. The van der Waals surface area contributed by atoms with Crippen LogP contribution >= 0.6 is 11.8 Å². The van der Waals surface area contributed by atoms with Crippen LogP contribution in [-0.4, -0.2) is 40.5 Å². The number of aliphatic hydroxyl groups is 2. The lowest BCUT2D eigenvalue weighted by atomic mass is 10.0. The Labute approximate surface area is 113 Å². The van der Waals surface area contributed by atoms with Crippen molar-refractivity contribution in [1.29, 1.82) is 0 Å². The standard InChI is InChI=1S/C14H23NO2S/c1-11(8-16)9-18-10-14(17)13(15)7-12-5-3-2-4-6-12/h2-6,11,13-14,16-17H,7-10,15H2,1H3. The van der Waals surface area contributed by atoms with Gasteiger partial charge in [0.1, 0.15) is 0 Å². The molecule has 0 radical (unpaired) electrons. The summed E-state index contributed by atoms with van der Waals surface area (Å²) in [5.41, 5.74) is 7.14. The van der Waals surface area contributed by atoms with Gasteiger partial charge in [0.2, 0.25) is 0 Å². The summed E-state index contributed by atoms with van der Waals surface area (Å²) >= 11 is 1.64. The second-order valence-electron chi connectivity index (χ2n) is 4.75. The van der Waals surface area contributed by atoms with Crippen LogP contribution in [0.2, 0.25) is 0 Å². The molecule has 1 rings (SSSR count). The molecule has 0 saturated heterocycles. The van der Waals surface area contributed by atoms with Crippen molar-refractivity contribution in [1.82, 2.24) is 0 Å². The third-order valence-electron chi connectivity index (χ3n) is 2.81. The highest BCUT2D eigenvalue weighted by Crippen LogP contribution is 2.12. The molecule has 0 aliphatic rings. The van der Waals surface area contributed by atoms with Gasteiger partial charge in [-0.05, 0) is 23.7 Å². The minimum atomic E-state index is -0.499. The number of hydrogen-bond acceptors (Lipinski definition) is 4. The average Bonchev–Trinajstić information content (AvgIpc) is 2.39. The Morgan fingerprint density at radius 1 is 1.22 bits per heavy atom. The zero-order valence-electron chi connectivity index (χ0n) is 10.8. The van der Waals surface area contributed by atoms with Gasteiger partial charge in [0, 0.05) is 18.4 Å². The Balaban J connectivity index is 2.26. The molecule has 0 aliphatic carbocycles. The van der Waals surface area contributed by atoms with Crippen molar-refractivity contribution in [3.63, 3.8) is 0 Å². The maximum Gasteiger partial charge on any atom is 0.0784 e. The van der Waals surface area contributed by atoms with Gasteiger partial charge < -0.3 is 15.9 Å². The van der Waals surface area contributed by atoms with E-state index in [1.54, 1.807) is 11.8 Å². The van der Waals surface area contributed by atoms with Gasteiger partial charge in [-0.1, -0.05) is 37.3 Å². The number of hydrogen-bond donors (Lipinski definition) is 3. The van der Waals surface area contributed by atoms with Gasteiger partial charge in [-0.15, -0.1) is 0 Å². The molecule has 0 amide bonds. The van der Waals surface area contributed by atoms with Crippen LogP contribution in [0, 0.1) is 5.92 Å². The average molecular weight is 269 g/mol. The molecule has 4 N–H and O–H groups in total. The summed E-state index contributed by atoms with van der Waals surface area (Å²) in [6, 6.07) is 9.74. The minimum absolute atomic E-state index is 0.194. The molecule has 0 bridgehead atoms. The van der Waals surface area contributed by atoms with E-state index in [9.17, 15) is 5.11 Å². The van der Waals surface area contributed by atoms with Gasteiger partial charge >= 0.3 is 0 Å². The molecule has 0 spiro atoms. The zero-order chi connectivity index (χ0) is 13.4. The molecule has 3 atom stereocenters. The second-order valence-corrected chi connectivity index (χ2v) is 5.82. The molecule has 3 unspecified atom stereocenters. The summed E-state index contributed by atoms with van der Waals surface area (Å²) in [6.07, 6.45) is 0.194. The van der Waals surface area contributed by atoms with Crippen LogP contribution in [0.5, 0.6) is 0 Å². The molecule has 1 aromatic carbocycles. The molecule has 0 fully saturated rings. The number of rotatable bonds is 8. The highest BCUT2D eigenvalue weighted by molar-refractivity contribution is 7.99. The van der Waals surface area contributed by atoms with Gasteiger partial charge in [-0.3, -0.25) is 0 Å². The summed E-state index contributed by atoms with van der Waals surface area (Å²) in [5.74, 6) is 1.75. The van der Waals surface area contributed by atoms with Crippen molar-refractivity contribution in [2.75, 3.05) is 18.1 Å². The van der Waals surface area contributed by atoms with Crippen LogP contribution in [0.4, 0.5) is 0 Å². The van der Waals surface area contributed by atoms with E-state index in [0.29, 0.717) is 12.2 Å². The first-order valence-electron chi connectivity index (χ1n) is 6.29. The predicted octanol–water partition coefficient (Wildman–Crippen LogP) is 1.28. The number of benzene rings is 1. The molecule has 18 heavy (non-hydrogen) atoms. The lowest BCUT2D eigenvalue weighted by molar-refractivity contribution is 0.167. The topological polar surface area (TPSA) is 66.5 Å². The van der Waals surface area contributed by atoms with Crippen molar-refractivity contribution in [2.45, 2.75) is 25.5 Å². The van der Waals surface area contributed by atoms with Crippen molar-refractivity contribution < 1.29 is 10.2 Å². The van der Waals surface area contributed by atoms with Crippen LogP contribution in [0.15, 0.2) is 30.3 Å². The second kappa shape index (κ2) is 8.53. The van der Waals surface area contributed by atoms with Crippen molar-refractivity contribution >= 4 is 11.8 Å². The van der Waals surface area contributed by atoms with E-state index >= 15 is 0 Å². The summed E-state index contributed by atoms with van der Waals surface area (Å²) in [4.78, 5) is 0. The predicted molar refractivity (Wildman–Crippen MR) is 77.7 cm³/mol. The minimum Gasteiger partial charge on any atom is -0.396 e. The third kappa shape index (κ3) is 5.87. The largest absolute Gasteiger partial charge is 0.396 e. The van der Waals surface area contributed by atoms with Crippen LogP contribution in [-0.2, 0) is 6.42 Å². The first kappa shape index (κ1) is 15.5. The number of nitrogens with two attached hydrogens (primary N) is 1. The normalized spacial score (nSPS) is 16.2. The van der Waals surface area contributed by atoms with E-state index in [2.05, 4.69) is 0 Å². The molecule has 102 valence electrons. The molecular formula is C14H23NO2S. The summed E-state index contributed by atoms with van der Waals surface area (Å²) in [6.45, 7) is 2.18. The van der Waals surface area contributed by atoms with E-state index in [-0.39, 0.29) is 18.6 Å². The van der Waals surface area contributed by atoms with Gasteiger partial charge in [0.15, 0.2) is 0 Å². The van der Waals surface area contributed by atoms with Crippen molar-refractivity contribution in [3.8, 4) is 0 Å². The van der Waals surface area contributed by atoms with Crippen LogP contribution in [0.3, 0.4) is 0 Å². The smallest absolute Gasteiger partial charge is 0.0784 e. The molecule has 0 saturated carbocycles. The summed E-state index contributed by atoms with van der Waals surface area (Å²) < 4.78 is 0. The highest BCUT2D eigenvalue weighted by Gasteiger charge is 2.15. The van der Waals surface area contributed by atoms with E-state index in [1.807, 2.05) is 37.3 Å². The SMILES string of the molecule is CC(CO)CSCC(O)C(N)Cc1ccccc1. The van der Waals surface area contributed by atoms with Gasteiger partial charge in [0.25, 0.3) is 0 Å². The molecule has 4 heteroatoms. The maximum absolute atomic E-state index is 9.96. The van der Waals surface area contributed by atoms with Gasteiger partial charge in [-0.2, -0.15) is 11.8 Å². The lowest BCUT2D eigenvalue weighted by Crippen LogP contribution is -2.38. The monoisotopic (exact) mass is 269 g/mol.